The molecular formula is C14H21N5O2. The Bertz CT molecular complexity index is 598. The van der Waals surface area contributed by atoms with Crippen molar-refractivity contribution in [1.82, 2.24) is 25.2 Å². The number of hydrogen-bond acceptors (Lipinski definition) is 4. The molecule has 2 aromatic heterocycles. The number of nitrogens with zero attached hydrogens (tertiary/aromatic N) is 3. The Morgan fingerprint density at radius 1 is 1.43 bits per heavy atom. The Labute approximate surface area is 123 Å². The number of pyridine rings is 1. The van der Waals surface area contributed by atoms with Crippen molar-refractivity contribution in [2.45, 2.75) is 38.8 Å². The molecule has 114 valence electrons. The molecule has 7 nitrogen and oxygen atoms in total. The summed E-state index contributed by atoms with van der Waals surface area (Å²) in [6.45, 7) is 4.07. The summed E-state index contributed by atoms with van der Waals surface area (Å²) in [6, 6.07) is 5.00. The molecule has 0 aromatic carbocycles. The number of nitrogens with one attached hydrogen (secondary N) is 2. The molecule has 0 aliphatic heterocycles. The maximum atomic E-state index is 11.8. The molecule has 0 saturated heterocycles. The molecule has 2 aromatic rings. The summed E-state index contributed by atoms with van der Waals surface area (Å²) in [5.41, 5.74) is 0.736. The van der Waals surface area contributed by atoms with Crippen molar-refractivity contribution in [3.05, 3.63) is 30.2 Å². The van der Waals surface area contributed by atoms with Crippen LogP contribution in [0.15, 0.2) is 24.4 Å². The van der Waals surface area contributed by atoms with Gasteiger partial charge in [0, 0.05) is 12.7 Å². The van der Waals surface area contributed by atoms with Gasteiger partial charge in [-0.15, -0.1) is 10.2 Å². The largest absolute Gasteiger partial charge is 0.391 e. The summed E-state index contributed by atoms with van der Waals surface area (Å²) in [5.74, 6) is 0.662. The van der Waals surface area contributed by atoms with E-state index in [9.17, 15) is 9.90 Å². The minimum atomic E-state index is -0.509. The van der Waals surface area contributed by atoms with Crippen LogP contribution in [0.4, 0.5) is 4.79 Å². The lowest BCUT2D eigenvalue weighted by molar-refractivity contribution is 0.160. The fourth-order valence-corrected chi connectivity index (χ4v) is 2.11. The number of hydrogen-bond donors (Lipinski definition) is 3. The lowest BCUT2D eigenvalue weighted by atomic mass is 10.2. The van der Waals surface area contributed by atoms with Crippen LogP contribution in [0.1, 0.15) is 38.6 Å². The second-order valence-electron chi connectivity index (χ2n) is 5.01. The summed E-state index contributed by atoms with van der Waals surface area (Å²) in [7, 11) is 0. The molecule has 2 atom stereocenters. The van der Waals surface area contributed by atoms with E-state index in [-0.39, 0.29) is 18.6 Å². The van der Waals surface area contributed by atoms with E-state index < -0.39 is 6.10 Å². The summed E-state index contributed by atoms with van der Waals surface area (Å²) in [5, 5.41) is 23.2. The average Bonchev–Trinajstić information content (AvgIpc) is 2.89. The monoisotopic (exact) mass is 291 g/mol. The Kier molecular flexibility index (Phi) is 5.10. The number of carbonyl (C=O) groups is 1. The number of rotatable bonds is 6. The van der Waals surface area contributed by atoms with Gasteiger partial charge in [0.1, 0.15) is 0 Å². The van der Waals surface area contributed by atoms with Gasteiger partial charge in [-0.05, 0) is 25.5 Å². The second-order valence-corrected chi connectivity index (χ2v) is 5.01. The van der Waals surface area contributed by atoms with E-state index in [1.54, 1.807) is 0 Å². The number of carbonyl (C=O) groups excluding carboxylic acids is 1. The van der Waals surface area contributed by atoms with Crippen LogP contribution in [0.3, 0.4) is 0 Å². The molecule has 3 N–H and O–H groups in total. The molecule has 7 heteroatoms. The molecule has 0 bridgehead atoms. The summed E-state index contributed by atoms with van der Waals surface area (Å²) < 4.78 is 1.83. The van der Waals surface area contributed by atoms with Gasteiger partial charge in [0.2, 0.25) is 0 Å². The fourth-order valence-electron chi connectivity index (χ4n) is 2.11. The van der Waals surface area contributed by atoms with Crippen molar-refractivity contribution < 1.29 is 9.90 Å². The highest BCUT2D eigenvalue weighted by Crippen LogP contribution is 2.11. The van der Waals surface area contributed by atoms with E-state index in [0.29, 0.717) is 12.2 Å². The van der Waals surface area contributed by atoms with Gasteiger partial charge in [-0.25, -0.2) is 4.79 Å². The van der Waals surface area contributed by atoms with E-state index in [4.69, 9.17) is 0 Å². The molecule has 2 unspecified atom stereocenters. The van der Waals surface area contributed by atoms with Crippen molar-refractivity contribution in [3.8, 4) is 0 Å². The van der Waals surface area contributed by atoms with E-state index in [2.05, 4.69) is 20.8 Å². The maximum Gasteiger partial charge on any atom is 0.315 e. The SMILES string of the molecule is CCCC(O)CNC(=O)NC(C)c1nnc2ccccn12. The van der Waals surface area contributed by atoms with Gasteiger partial charge in [0.25, 0.3) is 0 Å². The van der Waals surface area contributed by atoms with Crippen molar-refractivity contribution in [1.29, 1.82) is 0 Å². The van der Waals surface area contributed by atoms with Crippen molar-refractivity contribution in [3.63, 3.8) is 0 Å². The Morgan fingerprint density at radius 3 is 3.00 bits per heavy atom. The summed E-state index contributed by atoms with van der Waals surface area (Å²) in [4.78, 5) is 11.8. The summed E-state index contributed by atoms with van der Waals surface area (Å²) >= 11 is 0. The summed E-state index contributed by atoms with van der Waals surface area (Å²) in [6.07, 6.45) is 2.90. The van der Waals surface area contributed by atoms with Crippen LogP contribution in [-0.4, -0.2) is 38.4 Å². The van der Waals surface area contributed by atoms with Crippen LogP contribution in [0.25, 0.3) is 5.65 Å². The molecule has 2 rings (SSSR count). The number of fused-ring (bicyclic) bond motifs is 1. The quantitative estimate of drug-likeness (QED) is 0.747. The molecule has 0 aliphatic carbocycles. The van der Waals surface area contributed by atoms with Crippen LogP contribution in [0, 0.1) is 0 Å². The van der Waals surface area contributed by atoms with Gasteiger partial charge in [0.05, 0.1) is 12.1 Å². The number of urea groups is 1. The van der Waals surface area contributed by atoms with Crippen LogP contribution in [0.2, 0.25) is 0 Å². The zero-order valence-electron chi connectivity index (χ0n) is 12.3. The molecule has 0 fully saturated rings. The third kappa shape index (κ3) is 3.91. The number of amides is 2. The van der Waals surface area contributed by atoms with Gasteiger partial charge in [-0.2, -0.15) is 0 Å². The minimum absolute atomic E-state index is 0.243. The van der Waals surface area contributed by atoms with E-state index in [0.717, 1.165) is 12.1 Å². The Morgan fingerprint density at radius 2 is 2.24 bits per heavy atom. The molecule has 0 spiro atoms. The number of aromatic nitrogens is 3. The predicted molar refractivity (Wildman–Crippen MR) is 78.9 cm³/mol. The van der Waals surface area contributed by atoms with E-state index in [1.165, 1.54) is 0 Å². The highest BCUT2D eigenvalue weighted by molar-refractivity contribution is 5.74. The van der Waals surface area contributed by atoms with Crippen LogP contribution in [-0.2, 0) is 0 Å². The van der Waals surface area contributed by atoms with Gasteiger partial charge in [0.15, 0.2) is 11.5 Å². The highest BCUT2D eigenvalue weighted by Gasteiger charge is 2.15. The average molecular weight is 291 g/mol. The molecule has 0 aliphatic rings. The van der Waals surface area contributed by atoms with Gasteiger partial charge >= 0.3 is 6.03 Å². The molecule has 0 saturated carbocycles. The van der Waals surface area contributed by atoms with E-state index in [1.807, 2.05) is 42.6 Å². The molecule has 21 heavy (non-hydrogen) atoms. The van der Waals surface area contributed by atoms with Gasteiger partial charge in [-0.1, -0.05) is 19.4 Å². The fraction of sp³-hybridized carbons (Fsp3) is 0.500. The standard InChI is InChI=1S/C14H21N5O2/c1-3-6-11(20)9-15-14(21)16-10(2)13-18-17-12-7-4-5-8-19(12)13/h4-5,7-8,10-11,20H,3,6,9H2,1-2H3,(H2,15,16,21). The first kappa shape index (κ1) is 15.2. The predicted octanol–water partition coefficient (Wildman–Crippen LogP) is 1.25. The van der Waals surface area contributed by atoms with Crippen LogP contribution < -0.4 is 10.6 Å². The van der Waals surface area contributed by atoms with Gasteiger partial charge < -0.3 is 15.7 Å². The normalized spacial score (nSPS) is 13.9. The van der Waals surface area contributed by atoms with Crippen molar-refractivity contribution >= 4 is 11.7 Å². The minimum Gasteiger partial charge on any atom is -0.391 e. The Hall–Kier alpha value is -2.15. The first-order chi connectivity index (χ1) is 10.1. The number of aliphatic hydroxyl groups excluding tert-OH is 1. The molecule has 2 amide bonds. The number of aliphatic hydroxyl groups is 1. The third-order valence-electron chi connectivity index (χ3n) is 3.20. The zero-order chi connectivity index (χ0) is 15.2. The lowest BCUT2D eigenvalue weighted by Crippen LogP contribution is -2.41. The van der Waals surface area contributed by atoms with Gasteiger partial charge in [-0.3, -0.25) is 4.40 Å². The molecular weight excluding hydrogens is 270 g/mol. The van der Waals surface area contributed by atoms with Crippen molar-refractivity contribution in [2.75, 3.05) is 6.54 Å². The topological polar surface area (TPSA) is 91.5 Å². The smallest absolute Gasteiger partial charge is 0.315 e. The first-order valence-corrected chi connectivity index (χ1v) is 7.14. The molecule has 2 heterocycles. The first-order valence-electron chi connectivity index (χ1n) is 7.14. The van der Waals surface area contributed by atoms with Crippen LogP contribution >= 0.6 is 0 Å². The van der Waals surface area contributed by atoms with Crippen LogP contribution in [0.5, 0.6) is 0 Å². The Balaban J connectivity index is 1.92. The zero-order valence-corrected chi connectivity index (χ0v) is 12.3. The second kappa shape index (κ2) is 7.03. The maximum absolute atomic E-state index is 11.8. The van der Waals surface area contributed by atoms with Crippen molar-refractivity contribution in [2.24, 2.45) is 0 Å². The highest BCUT2D eigenvalue weighted by atomic mass is 16.3. The third-order valence-corrected chi connectivity index (χ3v) is 3.20. The van der Waals surface area contributed by atoms with E-state index >= 15 is 0 Å². The molecule has 0 radical (unpaired) electrons. The lowest BCUT2D eigenvalue weighted by Gasteiger charge is -2.15.